The Balaban J connectivity index is 1.73. The summed E-state index contributed by atoms with van der Waals surface area (Å²) in [5, 5.41) is 0.407. The van der Waals surface area contributed by atoms with E-state index < -0.39 is 11.5 Å². The lowest BCUT2D eigenvalue weighted by Gasteiger charge is -2.44. The minimum absolute atomic E-state index is 0.100. The second kappa shape index (κ2) is 6.96. The molecule has 0 aliphatic carbocycles. The van der Waals surface area contributed by atoms with E-state index in [1.807, 2.05) is 32.6 Å². The standard InChI is InChI=1S/C18H25ClF2N4O2/c1-12-9-23(5-6-25(12)16(26)27-17(2,3)4)15-14(7-13(19)8-22-15)24-10-18(20,21)11-24/h7-8,12H,5-6,9-11H2,1-4H3/t12-/m0/s1. The van der Waals surface area contributed by atoms with Gasteiger partial charge in [-0.25, -0.2) is 18.6 Å². The molecule has 3 rings (SSSR count). The lowest BCUT2D eigenvalue weighted by molar-refractivity contribution is -0.0262. The van der Waals surface area contributed by atoms with Gasteiger partial charge in [-0.1, -0.05) is 11.6 Å². The maximum Gasteiger partial charge on any atom is 0.410 e. The molecule has 27 heavy (non-hydrogen) atoms. The van der Waals surface area contributed by atoms with Crippen molar-refractivity contribution in [1.29, 1.82) is 0 Å². The topological polar surface area (TPSA) is 48.9 Å². The maximum absolute atomic E-state index is 13.3. The quantitative estimate of drug-likeness (QED) is 0.756. The monoisotopic (exact) mass is 402 g/mol. The fourth-order valence-electron chi connectivity index (χ4n) is 3.32. The Kier molecular flexibility index (Phi) is 5.14. The molecule has 6 nitrogen and oxygen atoms in total. The molecule has 1 aromatic heterocycles. The van der Waals surface area contributed by atoms with Crippen molar-refractivity contribution in [3.05, 3.63) is 17.3 Å². The van der Waals surface area contributed by atoms with Crippen molar-refractivity contribution in [1.82, 2.24) is 9.88 Å². The minimum atomic E-state index is -2.68. The second-order valence-corrected chi connectivity index (χ2v) is 8.61. The van der Waals surface area contributed by atoms with Crippen molar-refractivity contribution in [3.8, 4) is 0 Å². The van der Waals surface area contributed by atoms with Gasteiger partial charge >= 0.3 is 6.09 Å². The number of rotatable bonds is 2. The first kappa shape index (κ1) is 19.9. The molecule has 0 spiro atoms. The highest BCUT2D eigenvalue weighted by Crippen LogP contribution is 2.38. The third kappa shape index (κ3) is 4.54. The highest BCUT2D eigenvalue weighted by atomic mass is 35.5. The molecule has 1 aromatic rings. The van der Waals surface area contributed by atoms with Gasteiger partial charge < -0.3 is 19.4 Å². The van der Waals surface area contributed by atoms with E-state index in [0.29, 0.717) is 36.2 Å². The van der Waals surface area contributed by atoms with E-state index in [1.165, 1.54) is 6.20 Å². The van der Waals surface area contributed by atoms with Crippen molar-refractivity contribution < 1.29 is 18.3 Å². The molecule has 0 N–H and O–H groups in total. The Bertz CT molecular complexity index is 718. The molecule has 0 bridgehead atoms. The highest BCUT2D eigenvalue weighted by molar-refractivity contribution is 6.30. The van der Waals surface area contributed by atoms with Gasteiger partial charge in [0.1, 0.15) is 5.60 Å². The fourth-order valence-corrected chi connectivity index (χ4v) is 3.47. The summed E-state index contributed by atoms with van der Waals surface area (Å²) in [5.74, 6) is -2.06. The van der Waals surface area contributed by atoms with Crippen LogP contribution in [0.25, 0.3) is 0 Å². The molecule has 150 valence electrons. The Morgan fingerprint density at radius 1 is 1.30 bits per heavy atom. The predicted molar refractivity (Wildman–Crippen MR) is 101 cm³/mol. The van der Waals surface area contributed by atoms with Gasteiger partial charge in [-0.05, 0) is 33.8 Å². The van der Waals surface area contributed by atoms with Crippen molar-refractivity contribution in [2.75, 3.05) is 42.5 Å². The molecule has 9 heteroatoms. The van der Waals surface area contributed by atoms with Gasteiger partial charge in [0.2, 0.25) is 0 Å². The Labute approximate surface area is 163 Å². The summed E-state index contributed by atoms with van der Waals surface area (Å²) in [7, 11) is 0. The summed E-state index contributed by atoms with van der Waals surface area (Å²) in [5.41, 5.74) is 0.0491. The zero-order chi connectivity index (χ0) is 20.0. The van der Waals surface area contributed by atoms with E-state index in [-0.39, 0.29) is 25.2 Å². The number of piperazine rings is 1. The van der Waals surface area contributed by atoms with Gasteiger partial charge in [0.15, 0.2) is 5.82 Å². The van der Waals surface area contributed by atoms with Gasteiger partial charge in [0, 0.05) is 31.9 Å². The van der Waals surface area contributed by atoms with Gasteiger partial charge in [0.05, 0.1) is 23.8 Å². The van der Waals surface area contributed by atoms with Crippen LogP contribution >= 0.6 is 11.6 Å². The number of alkyl halides is 2. The number of anilines is 2. The van der Waals surface area contributed by atoms with Crippen LogP contribution in [0.2, 0.25) is 5.02 Å². The molecule has 0 radical (unpaired) electrons. The number of hydrogen-bond donors (Lipinski definition) is 0. The number of nitrogens with zero attached hydrogens (tertiary/aromatic N) is 4. The third-order valence-electron chi connectivity index (χ3n) is 4.55. The number of carbonyl (C=O) groups is 1. The van der Waals surface area contributed by atoms with Crippen LogP contribution in [0.1, 0.15) is 27.7 Å². The molecule has 0 unspecified atom stereocenters. The SMILES string of the molecule is C[C@H]1CN(c2ncc(Cl)cc2N2CC(F)(F)C2)CCN1C(=O)OC(C)(C)C. The van der Waals surface area contributed by atoms with Crippen LogP contribution in [0.4, 0.5) is 25.1 Å². The van der Waals surface area contributed by atoms with Gasteiger partial charge in [-0.2, -0.15) is 0 Å². The lowest BCUT2D eigenvalue weighted by atomic mass is 10.1. The molecule has 0 saturated carbocycles. The molecule has 2 aliphatic heterocycles. The smallest absolute Gasteiger partial charge is 0.410 e. The van der Waals surface area contributed by atoms with Crippen LogP contribution < -0.4 is 9.80 Å². The van der Waals surface area contributed by atoms with E-state index in [1.54, 1.807) is 15.9 Å². The number of amides is 1. The number of hydrogen-bond acceptors (Lipinski definition) is 5. The molecule has 2 fully saturated rings. The summed E-state index contributed by atoms with van der Waals surface area (Å²) >= 11 is 6.04. The van der Waals surface area contributed by atoms with E-state index >= 15 is 0 Å². The van der Waals surface area contributed by atoms with Crippen LogP contribution in [-0.4, -0.2) is 66.3 Å². The number of ether oxygens (including phenoxy) is 1. The van der Waals surface area contributed by atoms with Crippen LogP contribution in [0.5, 0.6) is 0 Å². The maximum atomic E-state index is 13.3. The molecule has 1 atom stereocenters. The second-order valence-electron chi connectivity index (χ2n) is 8.18. The average Bonchev–Trinajstić information content (AvgIpc) is 2.50. The lowest BCUT2D eigenvalue weighted by Crippen LogP contribution is -2.58. The van der Waals surface area contributed by atoms with Crippen LogP contribution in [0, 0.1) is 0 Å². The molecule has 3 heterocycles. The van der Waals surface area contributed by atoms with Gasteiger partial charge in [-0.3, -0.25) is 0 Å². The molecule has 1 amide bonds. The number of pyridine rings is 1. The number of carbonyl (C=O) groups excluding carboxylic acids is 1. The Hall–Kier alpha value is -1.83. The predicted octanol–water partition coefficient (Wildman–Crippen LogP) is 3.64. The Morgan fingerprint density at radius 3 is 2.52 bits per heavy atom. The summed E-state index contributed by atoms with van der Waals surface area (Å²) in [6.45, 7) is 8.29. The van der Waals surface area contributed by atoms with Gasteiger partial charge in [-0.15, -0.1) is 0 Å². The van der Waals surface area contributed by atoms with Gasteiger partial charge in [0.25, 0.3) is 5.92 Å². The summed E-state index contributed by atoms with van der Waals surface area (Å²) in [6, 6.07) is 1.57. The first-order chi connectivity index (χ1) is 12.5. The first-order valence-electron chi connectivity index (χ1n) is 8.98. The zero-order valence-corrected chi connectivity index (χ0v) is 16.8. The van der Waals surface area contributed by atoms with E-state index in [2.05, 4.69) is 4.98 Å². The summed E-state index contributed by atoms with van der Waals surface area (Å²) in [6.07, 6.45) is 1.17. The highest BCUT2D eigenvalue weighted by Gasteiger charge is 2.45. The fraction of sp³-hybridized carbons (Fsp3) is 0.667. The van der Waals surface area contributed by atoms with E-state index in [4.69, 9.17) is 16.3 Å². The summed E-state index contributed by atoms with van der Waals surface area (Å²) < 4.78 is 32.1. The minimum Gasteiger partial charge on any atom is -0.444 e. The molecular weight excluding hydrogens is 378 g/mol. The van der Waals surface area contributed by atoms with Crippen molar-refractivity contribution in [2.24, 2.45) is 0 Å². The van der Waals surface area contributed by atoms with E-state index in [0.717, 1.165) is 0 Å². The van der Waals surface area contributed by atoms with E-state index in [9.17, 15) is 13.6 Å². The molecule has 0 aromatic carbocycles. The van der Waals surface area contributed by atoms with Crippen LogP contribution in [0.3, 0.4) is 0 Å². The summed E-state index contributed by atoms with van der Waals surface area (Å²) in [4.78, 5) is 22.0. The third-order valence-corrected chi connectivity index (χ3v) is 4.76. The normalized spacial score (nSPS) is 22.5. The average molecular weight is 403 g/mol. The van der Waals surface area contributed by atoms with Crippen molar-refractivity contribution in [3.63, 3.8) is 0 Å². The van der Waals surface area contributed by atoms with Crippen molar-refractivity contribution in [2.45, 2.75) is 45.3 Å². The van der Waals surface area contributed by atoms with Crippen LogP contribution in [-0.2, 0) is 4.74 Å². The molecule has 2 aliphatic rings. The van der Waals surface area contributed by atoms with Crippen molar-refractivity contribution >= 4 is 29.2 Å². The molecular formula is C18H25ClF2N4O2. The number of aromatic nitrogens is 1. The molecule has 2 saturated heterocycles. The van der Waals surface area contributed by atoms with Crippen LogP contribution in [0.15, 0.2) is 12.3 Å². The first-order valence-corrected chi connectivity index (χ1v) is 9.36. The Morgan fingerprint density at radius 2 is 1.96 bits per heavy atom. The largest absolute Gasteiger partial charge is 0.444 e. The zero-order valence-electron chi connectivity index (χ0n) is 16.0. The number of halogens is 3.